The molecule has 0 bridgehead atoms. The summed E-state index contributed by atoms with van der Waals surface area (Å²) in [4.78, 5) is 25.7. The van der Waals surface area contributed by atoms with E-state index in [2.05, 4.69) is 65.4 Å². The Morgan fingerprint density at radius 1 is 0.900 bits per heavy atom. The number of piperazine rings is 1. The van der Waals surface area contributed by atoms with Crippen LogP contribution in [0.5, 0.6) is 0 Å². The van der Waals surface area contributed by atoms with E-state index in [9.17, 15) is 9.59 Å². The second-order valence-electron chi connectivity index (χ2n) is 7.28. The highest BCUT2D eigenvalue weighted by Gasteiger charge is 2.30. The minimum Gasteiger partial charge on any atom is -0.478 e. The van der Waals surface area contributed by atoms with E-state index in [0.717, 1.165) is 31.9 Å². The van der Waals surface area contributed by atoms with E-state index >= 15 is 0 Å². The fourth-order valence-electron chi connectivity index (χ4n) is 3.71. The van der Waals surface area contributed by atoms with Crippen LogP contribution in [0.15, 0.2) is 65.6 Å². The summed E-state index contributed by atoms with van der Waals surface area (Å²) in [5.41, 5.74) is 4.49. The minimum absolute atomic E-state index is 0.413. The Morgan fingerprint density at radius 3 is 2.10 bits per heavy atom. The third-order valence-corrected chi connectivity index (χ3v) is 6.36. The molecule has 2 N–H and O–H groups in total. The van der Waals surface area contributed by atoms with Crippen molar-refractivity contribution in [1.82, 2.24) is 9.80 Å². The number of fused-ring (bicyclic) bond motifs is 2. The predicted octanol–water partition coefficient (Wildman–Crippen LogP) is 3.34. The molecule has 2 heterocycles. The minimum atomic E-state index is -1.26. The molecule has 1 atom stereocenters. The quantitative estimate of drug-likeness (QED) is 0.729. The van der Waals surface area contributed by atoms with Gasteiger partial charge in [0, 0.05) is 49.0 Å². The smallest absolute Gasteiger partial charge is 0.328 e. The lowest BCUT2D eigenvalue weighted by Gasteiger charge is -2.39. The van der Waals surface area contributed by atoms with Crippen molar-refractivity contribution in [3.8, 4) is 0 Å². The molecular formula is C23H26N2O4S. The van der Waals surface area contributed by atoms with Crippen molar-refractivity contribution >= 4 is 23.7 Å². The number of carboxylic acids is 2. The SMILES string of the molecule is CN1CCN(C2c3ccccc3CSc3ccccc32)CC1.O=C(O)C=CC(=O)O. The lowest BCUT2D eigenvalue weighted by atomic mass is 9.93. The van der Waals surface area contributed by atoms with Gasteiger partial charge in [0.2, 0.25) is 0 Å². The maximum atomic E-state index is 9.55. The molecule has 0 aliphatic carbocycles. The van der Waals surface area contributed by atoms with E-state index in [4.69, 9.17) is 10.2 Å². The monoisotopic (exact) mass is 426 g/mol. The van der Waals surface area contributed by atoms with Gasteiger partial charge in [-0.3, -0.25) is 4.90 Å². The average Bonchev–Trinajstić information content (AvgIpc) is 2.90. The first-order valence-corrected chi connectivity index (χ1v) is 10.8. The number of aliphatic carboxylic acids is 2. The number of likely N-dealkylation sites (N-methyl/N-ethyl adjacent to an activating group) is 1. The summed E-state index contributed by atoms with van der Waals surface area (Å²) in [6.45, 7) is 4.62. The van der Waals surface area contributed by atoms with Crippen LogP contribution in [0.1, 0.15) is 22.7 Å². The van der Waals surface area contributed by atoms with Crippen molar-refractivity contribution in [3.05, 3.63) is 77.4 Å². The molecular weight excluding hydrogens is 400 g/mol. The van der Waals surface area contributed by atoms with Gasteiger partial charge in [-0.15, -0.1) is 11.8 Å². The van der Waals surface area contributed by atoms with Crippen LogP contribution in [-0.2, 0) is 15.3 Å². The van der Waals surface area contributed by atoms with E-state index in [1.165, 1.54) is 21.6 Å². The zero-order valence-electron chi connectivity index (χ0n) is 16.9. The normalized spacial score (nSPS) is 19.2. The Bertz CT molecular complexity index is 859. The van der Waals surface area contributed by atoms with Gasteiger partial charge in [-0.1, -0.05) is 42.5 Å². The van der Waals surface area contributed by atoms with Gasteiger partial charge >= 0.3 is 11.9 Å². The maximum Gasteiger partial charge on any atom is 0.328 e. The highest BCUT2D eigenvalue weighted by molar-refractivity contribution is 7.98. The van der Waals surface area contributed by atoms with E-state index in [1.807, 2.05) is 11.8 Å². The molecule has 0 radical (unpaired) electrons. The fourth-order valence-corrected chi connectivity index (χ4v) is 4.80. The third kappa shape index (κ3) is 5.72. The third-order valence-electron chi connectivity index (χ3n) is 5.22. The van der Waals surface area contributed by atoms with Crippen LogP contribution in [0, 0.1) is 0 Å². The topological polar surface area (TPSA) is 81.1 Å². The fraction of sp³-hybridized carbons (Fsp3) is 0.304. The Labute approximate surface area is 180 Å². The van der Waals surface area contributed by atoms with Crippen molar-refractivity contribution in [2.24, 2.45) is 0 Å². The maximum absolute atomic E-state index is 9.55. The van der Waals surface area contributed by atoms with Crippen molar-refractivity contribution < 1.29 is 19.8 Å². The van der Waals surface area contributed by atoms with Crippen molar-refractivity contribution in [2.45, 2.75) is 16.7 Å². The van der Waals surface area contributed by atoms with Crippen LogP contribution >= 0.6 is 11.8 Å². The first-order chi connectivity index (χ1) is 14.5. The van der Waals surface area contributed by atoms with Crippen molar-refractivity contribution in [1.29, 1.82) is 0 Å². The lowest BCUT2D eigenvalue weighted by Crippen LogP contribution is -2.46. The molecule has 6 nitrogen and oxygen atoms in total. The summed E-state index contributed by atoms with van der Waals surface area (Å²) in [5, 5.41) is 15.6. The standard InChI is InChI=1S/C19H22N2S.C4H4O4/c1-20-10-12-21(13-11-20)19-16-7-3-2-6-15(16)14-22-18-9-5-4-8-17(18)19;5-3(6)1-2-4(7)8/h2-9,19H,10-14H2,1H3;1-2H,(H,5,6)(H,7,8). The van der Waals surface area contributed by atoms with Crippen molar-refractivity contribution in [2.75, 3.05) is 33.2 Å². The molecule has 0 spiro atoms. The van der Waals surface area contributed by atoms with Crippen LogP contribution < -0.4 is 0 Å². The molecule has 0 aromatic heterocycles. The number of carboxylic acid groups (broad SMARTS) is 2. The van der Waals surface area contributed by atoms with E-state index < -0.39 is 11.9 Å². The number of thioether (sulfide) groups is 1. The van der Waals surface area contributed by atoms with Gasteiger partial charge in [0.1, 0.15) is 0 Å². The van der Waals surface area contributed by atoms with Gasteiger partial charge in [0.05, 0.1) is 6.04 Å². The lowest BCUT2D eigenvalue weighted by molar-refractivity contribution is -0.134. The van der Waals surface area contributed by atoms with Crippen LogP contribution in [0.3, 0.4) is 0 Å². The highest BCUT2D eigenvalue weighted by atomic mass is 32.2. The summed E-state index contributed by atoms with van der Waals surface area (Å²) >= 11 is 1.98. The number of hydrogen-bond acceptors (Lipinski definition) is 5. The van der Waals surface area contributed by atoms with Gasteiger partial charge in [-0.25, -0.2) is 9.59 Å². The summed E-state index contributed by atoms with van der Waals surface area (Å²) in [7, 11) is 2.22. The molecule has 158 valence electrons. The molecule has 4 rings (SSSR count). The molecule has 1 saturated heterocycles. The predicted molar refractivity (Wildman–Crippen MR) is 118 cm³/mol. The van der Waals surface area contributed by atoms with Gasteiger partial charge in [-0.05, 0) is 29.8 Å². The number of nitrogens with zero attached hydrogens (tertiary/aromatic N) is 2. The van der Waals surface area contributed by atoms with Gasteiger partial charge in [-0.2, -0.15) is 0 Å². The molecule has 2 aromatic rings. The summed E-state index contributed by atoms with van der Waals surface area (Å²) in [5.74, 6) is -1.43. The van der Waals surface area contributed by atoms with Crippen LogP contribution in [0.25, 0.3) is 0 Å². The van der Waals surface area contributed by atoms with E-state index in [1.54, 1.807) is 0 Å². The Kier molecular flexibility index (Phi) is 7.68. The second kappa shape index (κ2) is 10.4. The van der Waals surface area contributed by atoms with Crippen LogP contribution in [0.4, 0.5) is 0 Å². The Hall–Kier alpha value is -2.61. The number of hydrogen-bond donors (Lipinski definition) is 2. The first-order valence-electron chi connectivity index (χ1n) is 9.81. The molecule has 7 heteroatoms. The molecule has 0 saturated carbocycles. The van der Waals surface area contributed by atoms with Gasteiger partial charge < -0.3 is 15.1 Å². The molecule has 30 heavy (non-hydrogen) atoms. The number of benzene rings is 2. The first kappa shape index (κ1) is 22.1. The van der Waals surface area contributed by atoms with E-state index in [-0.39, 0.29) is 0 Å². The van der Waals surface area contributed by atoms with Gasteiger partial charge in [0.15, 0.2) is 0 Å². The van der Waals surface area contributed by atoms with Gasteiger partial charge in [0.25, 0.3) is 0 Å². The van der Waals surface area contributed by atoms with Crippen molar-refractivity contribution in [3.63, 3.8) is 0 Å². The van der Waals surface area contributed by atoms with Crippen LogP contribution in [0.2, 0.25) is 0 Å². The second-order valence-corrected chi connectivity index (χ2v) is 8.29. The zero-order chi connectivity index (χ0) is 21.5. The summed E-state index contributed by atoms with van der Waals surface area (Å²) in [6, 6.07) is 18.4. The molecule has 0 amide bonds. The average molecular weight is 427 g/mol. The van der Waals surface area contributed by atoms with E-state index in [0.29, 0.717) is 18.2 Å². The molecule has 2 aliphatic heterocycles. The molecule has 1 fully saturated rings. The Morgan fingerprint density at radius 2 is 1.47 bits per heavy atom. The zero-order valence-corrected chi connectivity index (χ0v) is 17.7. The summed E-state index contributed by atoms with van der Waals surface area (Å²) in [6.07, 6.45) is 1.12. The number of carbonyl (C=O) groups is 2. The molecule has 2 aromatic carbocycles. The van der Waals surface area contributed by atoms with Crippen LogP contribution in [-0.4, -0.2) is 65.2 Å². The highest BCUT2D eigenvalue weighted by Crippen LogP contribution is 2.42. The number of rotatable bonds is 3. The molecule has 2 aliphatic rings. The largest absolute Gasteiger partial charge is 0.478 e. The summed E-state index contributed by atoms with van der Waals surface area (Å²) < 4.78 is 0. The molecule has 1 unspecified atom stereocenters. The Balaban J connectivity index is 0.000000275.